The molecule has 0 radical (unpaired) electrons. The normalized spacial score (nSPS) is 14.1. The van der Waals surface area contributed by atoms with Gasteiger partial charge in [0, 0.05) is 24.8 Å². The van der Waals surface area contributed by atoms with Crippen molar-refractivity contribution in [1.82, 2.24) is 19.7 Å². The maximum Gasteiger partial charge on any atom is 0.254 e. The Bertz CT molecular complexity index is 842. The highest BCUT2D eigenvalue weighted by molar-refractivity contribution is 5.94. The lowest BCUT2D eigenvalue weighted by Crippen LogP contribution is -2.30. The quantitative estimate of drug-likeness (QED) is 0.730. The number of hydrogen-bond acceptors (Lipinski definition) is 3. The van der Waals surface area contributed by atoms with Crippen LogP contribution in [0.1, 0.15) is 22.5 Å². The second kappa shape index (κ2) is 6.28. The van der Waals surface area contributed by atoms with E-state index in [9.17, 15) is 4.79 Å². The number of fused-ring (bicyclic) bond motifs is 1. The van der Waals surface area contributed by atoms with Gasteiger partial charge >= 0.3 is 0 Å². The van der Waals surface area contributed by atoms with Crippen molar-refractivity contribution in [1.29, 1.82) is 0 Å². The van der Waals surface area contributed by atoms with Crippen molar-refractivity contribution < 1.29 is 4.79 Å². The minimum Gasteiger partial charge on any atom is -0.333 e. The molecule has 3 heterocycles. The number of carbonyl (C=O) groups is 1. The van der Waals surface area contributed by atoms with E-state index < -0.39 is 0 Å². The molecule has 1 aliphatic heterocycles. The minimum atomic E-state index is 0.0737. The molecule has 120 valence electrons. The summed E-state index contributed by atoms with van der Waals surface area (Å²) in [5.74, 6) is 0.0737. The Morgan fingerprint density at radius 2 is 1.79 bits per heavy atom. The SMILES string of the molecule is O=C(c1ccccc1)N1CCCn2nc(-c3ccccn3)cc2C1. The van der Waals surface area contributed by atoms with E-state index in [2.05, 4.69) is 10.1 Å². The molecule has 5 nitrogen and oxygen atoms in total. The van der Waals surface area contributed by atoms with E-state index in [0.29, 0.717) is 6.54 Å². The number of pyridine rings is 1. The van der Waals surface area contributed by atoms with E-state index in [1.54, 1.807) is 6.20 Å². The molecule has 0 spiro atoms. The number of aromatic nitrogens is 3. The van der Waals surface area contributed by atoms with E-state index in [0.717, 1.165) is 42.2 Å². The number of benzene rings is 1. The van der Waals surface area contributed by atoms with Crippen molar-refractivity contribution >= 4 is 5.91 Å². The van der Waals surface area contributed by atoms with Crippen LogP contribution in [0.4, 0.5) is 0 Å². The van der Waals surface area contributed by atoms with Crippen LogP contribution in [0, 0.1) is 0 Å². The van der Waals surface area contributed by atoms with Crippen LogP contribution in [0.3, 0.4) is 0 Å². The van der Waals surface area contributed by atoms with Crippen LogP contribution >= 0.6 is 0 Å². The summed E-state index contributed by atoms with van der Waals surface area (Å²) in [4.78, 5) is 19.0. The van der Waals surface area contributed by atoms with Gasteiger partial charge in [0.15, 0.2) is 0 Å². The summed E-state index contributed by atoms with van der Waals surface area (Å²) in [7, 11) is 0. The van der Waals surface area contributed by atoms with Gasteiger partial charge in [0.2, 0.25) is 0 Å². The predicted molar refractivity (Wildman–Crippen MR) is 91.3 cm³/mol. The fraction of sp³-hybridized carbons (Fsp3) is 0.211. The van der Waals surface area contributed by atoms with Gasteiger partial charge in [0.1, 0.15) is 5.69 Å². The Morgan fingerprint density at radius 1 is 0.958 bits per heavy atom. The molecule has 2 aromatic heterocycles. The van der Waals surface area contributed by atoms with Gasteiger partial charge in [-0.15, -0.1) is 0 Å². The molecule has 24 heavy (non-hydrogen) atoms. The molecule has 0 aliphatic carbocycles. The molecule has 1 aliphatic rings. The monoisotopic (exact) mass is 318 g/mol. The number of rotatable bonds is 2. The van der Waals surface area contributed by atoms with Gasteiger partial charge in [-0.05, 0) is 36.8 Å². The van der Waals surface area contributed by atoms with Gasteiger partial charge in [0.25, 0.3) is 5.91 Å². The molecule has 0 saturated carbocycles. The summed E-state index contributed by atoms with van der Waals surface area (Å²) >= 11 is 0. The van der Waals surface area contributed by atoms with Crippen LogP contribution in [0.2, 0.25) is 0 Å². The molecular weight excluding hydrogens is 300 g/mol. The number of carbonyl (C=O) groups excluding carboxylic acids is 1. The van der Waals surface area contributed by atoms with Gasteiger partial charge in [-0.2, -0.15) is 5.10 Å². The molecule has 1 aromatic carbocycles. The lowest BCUT2D eigenvalue weighted by Gasteiger charge is -2.20. The topological polar surface area (TPSA) is 51.0 Å². The Kier molecular flexibility index (Phi) is 3.83. The van der Waals surface area contributed by atoms with Crippen molar-refractivity contribution in [3.8, 4) is 11.4 Å². The van der Waals surface area contributed by atoms with Crippen molar-refractivity contribution in [3.05, 3.63) is 72.1 Å². The molecule has 3 aromatic rings. The summed E-state index contributed by atoms with van der Waals surface area (Å²) in [6, 6.07) is 17.3. The third kappa shape index (κ3) is 2.80. The fourth-order valence-corrected chi connectivity index (χ4v) is 3.04. The van der Waals surface area contributed by atoms with Crippen molar-refractivity contribution in [2.75, 3.05) is 6.54 Å². The van der Waals surface area contributed by atoms with Crippen molar-refractivity contribution in [3.63, 3.8) is 0 Å². The molecule has 1 amide bonds. The summed E-state index contributed by atoms with van der Waals surface area (Å²) in [5.41, 5.74) is 3.51. The molecule has 0 bridgehead atoms. The first kappa shape index (κ1) is 14.6. The average Bonchev–Trinajstić information content (AvgIpc) is 2.94. The maximum absolute atomic E-state index is 12.7. The Labute approximate surface area is 140 Å². The first-order valence-corrected chi connectivity index (χ1v) is 8.14. The van der Waals surface area contributed by atoms with Gasteiger partial charge in [-0.3, -0.25) is 14.5 Å². The third-order valence-electron chi connectivity index (χ3n) is 4.25. The van der Waals surface area contributed by atoms with Gasteiger partial charge in [-0.25, -0.2) is 0 Å². The molecule has 0 N–H and O–H groups in total. The summed E-state index contributed by atoms with van der Waals surface area (Å²) < 4.78 is 2.00. The number of hydrogen-bond donors (Lipinski definition) is 0. The van der Waals surface area contributed by atoms with Gasteiger partial charge in [-0.1, -0.05) is 24.3 Å². The summed E-state index contributed by atoms with van der Waals surface area (Å²) in [5, 5.41) is 4.66. The number of nitrogens with zero attached hydrogens (tertiary/aromatic N) is 4. The first-order chi connectivity index (χ1) is 11.8. The highest BCUT2D eigenvalue weighted by atomic mass is 16.2. The average molecular weight is 318 g/mol. The second-order valence-corrected chi connectivity index (χ2v) is 5.91. The molecular formula is C19H18N4O. The molecule has 0 saturated heterocycles. The Morgan fingerprint density at radius 3 is 2.58 bits per heavy atom. The first-order valence-electron chi connectivity index (χ1n) is 8.14. The highest BCUT2D eigenvalue weighted by Gasteiger charge is 2.22. The Balaban J connectivity index is 1.61. The molecule has 0 unspecified atom stereocenters. The largest absolute Gasteiger partial charge is 0.333 e. The zero-order chi connectivity index (χ0) is 16.4. The molecule has 5 heteroatoms. The smallest absolute Gasteiger partial charge is 0.254 e. The van der Waals surface area contributed by atoms with Crippen LogP contribution in [0.15, 0.2) is 60.8 Å². The summed E-state index contributed by atoms with van der Waals surface area (Å²) in [6.07, 6.45) is 2.67. The summed E-state index contributed by atoms with van der Waals surface area (Å²) in [6.45, 7) is 2.14. The van der Waals surface area contributed by atoms with E-state index >= 15 is 0 Å². The molecule has 0 fully saturated rings. The van der Waals surface area contributed by atoms with Crippen LogP contribution < -0.4 is 0 Å². The van der Waals surface area contributed by atoms with E-state index in [-0.39, 0.29) is 5.91 Å². The molecule has 4 rings (SSSR count). The number of aryl methyl sites for hydroxylation is 1. The fourth-order valence-electron chi connectivity index (χ4n) is 3.04. The van der Waals surface area contributed by atoms with E-state index in [1.165, 1.54) is 0 Å². The van der Waals surface area contributed by atoms with Gasteiger partial charge in [0.05, 0.1) is 17.9 Å². The van der Waals surface area contributed by atoms with E-state index in [4.69, 9.17) is 0 Å². The van der Waals surface area contributed by atoms with E-state index in [1.807, 2.05) is 64.2 Å². The minimum absolute atomic E-state index is 0.0737. The van der Waals surface area contributed by atoms with Crippen molar-refractivity contribution in [2.24, 2.45) is 0 Å². The number of amides is 1. The van der Waals surface area contributed by atoms with Gasteiger partial charge < -0.3 is 4.90 Å². The Hall–Kier alpha value is -2.95. The zero-order valence-corrected chi connectivity index (χ0v) is 13.3. The predicted octanol–water partition coefficient (Wildman–Crippen LogP) is 2.99. The zero-order valence-electron chi connectivity index (χ0n) is 13.3. The standard InChI is InChI=1S/C19H18N4O/c24-19(15-7-2-1-3-8-15)22-11-6-12-23-16(14-22)13-18(21-23)17-9-4-5-10-20-17/h1-5,7-10,13H,6,11-12,14H2. The van der Waals surface area contributed by atoms with Crippen LogP contribution in [0.25, 0.3) is 11.4 Å². The van der Waals surface area contributed by atoms with Crippen LogP contribution in [-0.4, -0.2) is 32.1 Å². The van der Waals surface area contributed by atoms with Crippen LogP contribution in [0.5, 0.6) is 0 Å². The maximum atomic E-state index is 12.7. The third-order valence-corrected chi connectivity index (χ3v) is 4.25. The van der Waals surface area contributed by atoms with Crippen LogP contribution in [-0.2, 0) is 13.1 Å². The lowest BCUT2D eigenvalue weighted by atomic mass is 10.2. The highest BCUT2D eigenvalue weighted by Crippen LogP contribution is 2.21. The van der Waals surface area contributed by atoms with Crippen molar-refractivity contribution in [2.45, 2.75) is 19.5 Å². The molecule has 0 atom stereocenters. The lowest BCUT2D eigenvalue weighted by molar-refractivity contribution is 0.0746. The second-order valence-electron chi connectivity index (χ2n) is 5.91.